The standard InChI is InChI=1S/C18H19FN4O4S/c1-22-9-12(8-20-22)10-23-16(24)6-13-2-3-14(7-15(13)17(23)25)28(26,27)21-18(11-19)4-5-18/h2-3,7-9,21H,4-6,10-11H2,1H3. The van der Waals surface area contributed by atoms with E-state index in [2.05, 4.69) is 9.82 Å². The minimum Gasteiger partial charge on any atom is -0.275 e. The first-order valence-corrected chi connectivity index (χ1v) is 10.3. The van der Waals surface area contributed by atoms with Crippen LogP contribution in [0, 0.1) is 0 Å². The molecule has 4 rings (SSSR count). The number of fused-ring (bicyclic) bond motifs is 1. The fourth-order valence-electron chi connectivity index (χ4n) is 3.25. The number of hydrogen-bond acceptors (Lipinski definition) is 5. The molecule has 8 nitrogen and oxygen atoms in total. The number of aryl methyl sites for hydroxylation is 1. The topological polar surface area (TPSA) is 101 Å². The molecule has 2 aromatic rings. The maximum atomic E-state index is 13.1. The number of alkyl halides is 1. The van der Waals surface area contributed by atoms with Gasteiger partial charge in [-0.1, -0.05) is 6.07 Å². The lowest BCUT2D eigenvalue weighted by molar-refractivity contribution is -0.128. The molecular weight excluding hydrogens is 387 g/mol. The van der Waals surface area contributed by atoms with Gasteiger partial charge in [0.25, 0.3) is 5.91 Å². The van der Waals surface area contributed by atoms with Crippen molar-refractivity contribution in [1.82, 2.24) is 19.4 Å². The number of sulfonamides is 1. The molecule has 1 N–H and O–H groups in total. The van der Waals surface area contributed by atoms with Crippen LogP contribution in [0.15, 0.2) is 35.5 Å². The number of nitrogens with one attached hydrogen (secondary N) is 1. The molecule has 2 heterocycles. The normalized spacial score (nSPS) is 18.3. The Kier molecular flexibility index (Phi) is 4.35. The van der Waals surface area contributed by atoms with Crippen LogP contribution in [-0.4, -0.2) is 47.1 Å². The summed E-state index contributed by atoms with van der Waals surface area (Å²) in [7, 11) is -2.24. The number of hydrogen-bond donors (Lipinski definition) is 1. The van der Waals surface area contributed by atoms with Crippen molar-refractivity contribution in [3.05, 3.63) is 47.3 Å². The molecule has 1 aromatic heterocycles. The van der Waals surface area contributed by atoms with Crippen molar-refractivity contribution < 1.29 is 22.4 Å². The van der Waals surface area contributed by atoms with Crippen molar-refractivity contribution in [2.45, 2.75) is 36.2 Å². The van der Waals surface area contributed by atoms with Crippen molar-refractivity contribution >= 4 is 21.8 Å². The van der Waals surface area contributed by atoms with Crippen LogP contribution < -0.4 is 4.72 Å². The highest BCUT2D eigenvalue weighted by Gasteiger charge is 2.46. The Morgan fingerprint density at radius 1 is 1.29 bits per heavy atom. The van der Waals surface area contributed by atoms with Crippen molar-refractivity contribution in [3.63, 3.8) is 0 Å². The molecule has 1 aliphatic carbocycles. The number of amides is 2. The van der Waals surface area contributed by atoms with Crippen molar-refractivity contribution in [3.8, 4) is 0 Å². The second-order valence-electron chi connectivity index (χ2n) is 7.32. The minimum absolute atomic E-state index is 0.00348. The zero-order valence-electron chi connectivity index (χ0n) is 15.2. The highest BCUT2D eigenvalue weighted by atomic mass is 32.2. The van der Waals surface area contributed by atoms with E-state index in [0.29, 0.717) is 24.0 Å². The first-order valence-electron chi connectivity index (χ1n) is 8.78. The number of nitrogens with zero attached hydrogens (tertiary/aromatic N) is 3. The van der Waals surface area contributed by atoms with Gasteiger partial charge in [0.2, 0.25) is 15.9 Å². The van der Waals surface area contributed by atoms with Gasteiger partial charge in [0.05, 0.1) is 29.6 Å². The Morgan fingerprint density at radius 3 is 2.64 bits per heavy atom. The van der Waals surface area contributed by atoms with E-state index in [1.54, 1.807) is 24.1 Å². The van der Waals surface area contributed by atoms with E-state index in [4.69, 9.17) is 0 Å². The molecule has 0 atom stereocenters. The van der Waals surface area contributed by atoms with E-state index in [0.717, 1.165) is 4.90 Å². The molecule has 0 unspecified atom stereocenters. The lowest BCUT2D eigenvalue weighted by Crippen LogP contribution is -2.42. The molecule has 0 bridgehead atoms. The van der Waals surface area contributed by atoms with Gasteiger partial charge in [-0.3, -0.25) is 19.2 Å². The van der Waals surface area contributed by atoms with Gasteiger partial charge < -0.3 is 0 Å². The van der Waals surface area contributed by atoms with Gasteiger partial charge in [-0.2, -0.15) is 5.10 Å². The molecule has 148 valence electrons. The van der Waals surface area contributed by atoms with Crippen LogP contribution in [0.1, 0.15) is 34.3 Å². The maximum Gasteiger partial charge on any atom is 0.261 e. The summed E-state index contributed by atoms with van der Waals surface area (Å²) >= 11 is 0. The quantitative estimate of drug-likeness (QED) is 0.719. The van der Waals surface area contributed by atoms with Crippen LogP contribution in [0.3, 0.4) is 0 Å². The first kappa shape index (κ1) is 18.8. The molecule has 10 heteroatoms. The maximum absolute atomic E-state index is 13.1. The Bertz CT molecular complexity index is 1080. The number of imide groups is 1. The summed E-state index contributed by atoms with van der Waals surface area (Å²) in [4.78, 5) is 26.2. The molecular formula is C18H19FN4O4S. The zero-order chi connectivity index (χ0) is 20.1. The third-order valence-corrected chi connectivity index (χ3v) is 6.65. The highest BCUT2D eigenvalue weighted by Crippen LogP contribution is 2.37. The fourth-order valence-corrected chi connectivity index (χ4v) is 4.71. The molecule has 2 amide bonds. The third-order valence-electron chi connectivity index (χ3n) is 5.07. The van der Waals surface area contributed by atoms with Crippen molar-refractivity contribution in [2.75, 3.05) is 6.67 Å². The van der Waals surface area contributed by atoms with Gasteiger partial charge in [-0.15, -0.1) is 0 Å². The Labute approximate surface area is 161 Å². The largest absolute Gasteiger partial charge is 0.275 e. The number of carbonyl (C=O) groups excluding carboxylic acids is 2. The summed E-state index contributed by atoms with van der Waals surface area (Å²) in [6.45, 7) is -0.714. The van der Waals surface area contributed by atoms with Gasteiger partial charge in [0.15, 0.2) is 0 Å². The van der Waals surface area contributed by atoms with Gasteiger partial charge >= 0.3 is 0 Å². The summed E-state index contributed by atoms with van der Waals surface area (Å²) in [5.74, 6) is -0.914. The molecule has 1 aromatic carbocycles. The van der Waals surface area contributed by atoms with E-state index >= 15 is 0 Å². The molecule has 0 radical (unpaired) electrons. The number of rotatable bonds is 6. The average Bonchev–Trinajstić information content (AvgIpc) is 3.29. The summed E-state index contributed by atoms with van der Waals surface area (Å²) < 4.78 is 42.2. The lowest BCUT2D eigenvalue weighted by Gasteiger charge is -2.27. The van der Waals surface area contributed by atoms with Gasteiger partial charge in [0.1, 0.15) is 6.67 Å². The van der Waals surface area contributed by atoms with Crippen LogP contribution >= 0.6 is 0 Å². The number of benzene rings is 1. The molecule has 28 heavy (non-hydrogen) atoms. The highest BCUT2D eigenvalue weighted by molar-refractivity contribution is 7.89. The smallest absolute Gasteiger partial charge is 0.261 e. The molecule has 0 spiro atoms. The van der Waals surface area contributed by atoms with Gasteiger partial charge in [-0.05, 0) is 30.5 Å². The first-order chi connectivity index (χ1) is 13.2. The predicted molar refractivity (Wildman–Crippen MR) is 96.5 cm³/mol. The van der Waals surface area contributed by atoms with Crippen LogP contribution in [-0.2, 0) is 34.8 Å². The van der Waals surface area contributed by atoms with Crippen LogP contribution in [0.2, 0.25) is 0 Å². The second kappa shape index (κ2) is 6.49. The SMILES string of the molecule is Cn1cc(CN2C(=O)Cc3ccc(S(=O)(=O)NC4(CF)CC4)cc3C2=O)cn1. The molecule has 0 saturated heterocycles. The van der Waals surface area contributed by atoms with E-state index < -0.39 is 28.1 Å². The van der Waals surface area contributed by atoms with E-state index in [-0.39, 0.29) is 29.3 Å². The zero-order valence-corrected chi connectivity index (χ0v) is 16.0. The lowest BCUT2D eigenvalue weighted by atomic mass is 9.98. The molecule has 2 aliphatic rings. The van der Waals surface area contributed by atoms with Crippen molar-refractivity contribution in [2.24, 2.45) is 7.05 Å². The van der Waals surface area contributed by atoms with Crippen LogP contribution in [0.25, 0.3) is 0 Å². The minimum atomic E-state index is -3.97. The van der Waals surface area contributed by atoms with E-state index in [9.17, 15) is 22.4 Å². The summed E-state index contributed by atoms with van der Waals surface area (Å²) in [5.41, 5.74) is 0.303. The van der Waals surface area contributed by atoms with Gasteiger partial charge in [-0.25, -0.2) is 17.5 Å². The molecule has 1 fully saturated rings. The number of carbonyl (C=O) groups is 2. The fraction of sp³-hybridized carbons (Fsp3) is 0.389. The molecule has 1 aliphatic heterocycles. The predicted octanol–water partition coefficient (Wildman–Crippen LogP) is 0.926. The second-order valence-corrected chi connectivity index (χ2v) is 9.00. The number of halogens is 1. The number of aromatic nitrogens is 2. The van der Waals surface area contributed by atoms with E-state index in [1.807, 2.05) is 0 Å². The monoisotopic (exact) mass is 406 g/mol. The van der Waals surface area contributed by atoms with Crippen LogP contribution in [0.4, 0.5) is 4.39 Å². The molecule has 1 saturated carbocycles. The Morgan fingerprint density at radius 2 is 2.04 bits per heavy atom. The van der Waals surface area contributed by atoms with Crippen LogP contribution in [0.5, 0.6) is 0 Å². The Hall–Kier alpha value is -2.59. The van der Waals surface area contributed by atoms with E-state index in [1.165, 1.54) is 18.2 Å². The third kappa shape index (κ3) is 3.33. The average molecular weight is 406 g/mol. The Balaban J connectivity index is 1.63. The summed E-state index contributed by atoms with van der Waals surface area (Å²) in [5, 5.41) is 4.02. The van der Waals surface area contributed by atoms with Gasteiger partial charge in [0, 0.05) is 24.4 Å². The summed E-state index contributed by atoms with van der Waals surface area (Å²) in [6, 6.07) is 4.07. The summed E-state index contributed by atoms with van der Waals surface area (Å²) in [6.07, 6.45) is 4.16. The van der Waals surface area contributed by atoms with Crippen molar-refractivity contribution in [1.29, 1.82) is 0 Å².